The van der Waals surface area contributed by atoms with Crippen LogP contribution in [0.4, 0.5) is 0 Å². The third-order valence-electron chi connectivity index (χ3n) is 6.43. The number of benzene rings is 1. The van der Waals surface area contributed by atoms with E-state index in [2.05, 4.69) is 0 Å². The number of ketones is 1. The number of hydrogen-bond acceptors (Lipinski definition) is 6. The number of imide groups is 1. The zero-order chi connectivity index (χ0) is 20.0. The molecule has 3 aliphatic rings. The number of carbonyl (C=O) groups excluding carboxylic acids is 4. The molecule has 1 saturated heterocycles. The van der Waals surface area contributed by atoms with E-state index in [1.165, 1.54) is 14.0 Å². The molecule has 4 rings (SSSR count). The summed E-state index contributed by atoms with van der Waals surface area (Å²) < 4.78 is 10.2. The van der Waals surface area contributed by atoms with Crippen LogP contribution in [0.2, 0.25) is 0 Å². The van der Waals surface area contributed by atoms with Gasteiger partial charge in [-0.05, 0) is 50.2 Å². The lowest BCUT2D eigenvalue weighted by atomic mass is 9.81. The molecule has 0 aromatic heterocycles. The Morgan fingerprint density at radius 2 is 1.79 bits per heavy atom. The predicted molar refractivity (Wildman–Crippen MR) is 97.4 cm³/mol. The normalized spacial score (nSPS) is 29.0. The summed E-state index contributed by atoms with van der Waals surface area (Å²) in [7, 11) is 1.50. The molecule has 1 aromatic rings. The van der Waals surface area contributed by atoms with Crippen LogP contribution in [-0.4, -0.2) is 48.2 Å². The second-order valence-corrected chi connectivity index (χ2v) is 7.87. The fourth-order valence-corrected chi connectivity index (χ4v) is 5.06. The molecule has 0 radical (unpaired) electrons. The van der Waals surface area contributed by atoms with Gasteiger partial charge in [-0.1, -0.05) is 12.1 Å². The molecule has 2 saturated carbocycles. The van der Waals surface area contributed by atoms with Gasteiger partial charge in [-0.15, -0.1) is 0 Å². The average Bonchev–Trinajstić information content (AvgIpc) is 3.39. The van der Waals surface area contributed by atoms with Crippen LogP contribution in [0.25, 0.3) is 0 Å². The Balaban J connectivity index is 1.39. The third-order valence-corrected chi connectivity index (χ3v) is 6.43. The summed E-state index contributed by atoms with van der Waals surface area (Å²) >= 11 is 0. The number of likely N-dealkylation sites (tertiary alicyclic amines) is 1. The lowest BCUT2D eigenvalue weighted by molar-refractivity contribution is -0.157. The van der Waals surface area contributed by atoms with Crippen LogP contribution in [0.15, 0.2) is 24.3 Å². The number of rotatable bonds is 6. The fraction of sp³-hybridized carbons (Fsp3) is 0.524. The number of fused-ring (bicyclic) bond motifs is 5. The first-order valence-corrected chi connectivity index (χ1v) is 9.63. The second-order valence-electron chi connectivity index (χ2n) is 7.87. The molecule has 28 heavy (non-hydrogen) atoms. The van der Waals surface area contributed by atoms with E-state index in [1.807, 2.05) is 0 Å². The third kappa shape index (κ3) is 2.89. The Labute approximate surface area is 163 Å². The topological polar surface area (TPSA) is 90.0 Å². The summed E-state index contributed by atoms with van der Waals surface area (Å²) in [6.45, 7) is 1.03. The first kappa shape index (κ1) is 18.7. The number of carbonyl (C=O) groups is 4. The van der Waals surface area contributed by atoms with Crippen LogP contribution in [0.5, 0.6) is 5.75 Å². The highest BCUT2D eigenvalue weighted by atomic mass is 16.5. The number of amides is 2. The maximum absolute atomic E-state index is 12.8. The van der Waals surface area contributed by atoms with Crippen molar-refractivity contribution in [2.24, 2.45) is 23.7 Å². The highest BCUT2D eigenvalue weighted by Gasteiger charge is 2.62. The van der Waals surface area contributed by atoms with Crippen molar-refractivity contribution < 1.29 is 28.7 Å². The lowest BCUT2D eigenvalue weighted by Crippen LogP contribution is -2.45. The van der Waals surface area contributed by atoms with Crippen LogP contribution in [0, 0.1) is 23.7 Å². The van der Waals surface area contributed by atoms with E-state index in [0.717, 1.165) is 24.2 Å². The van der Waals surface area contributed by atoms with E-state index < -0.39 is 18.6 Å². The van der Waals surface area contributed by atoms with E-state index in [0.29, 0.717) is 11.3 Å². The van der Waals surface area contributed by atoms with Crippen molar-refractivity contribution in [3.05, 3.63) is 29.8 Å². The van der Waals surface area contributed by atoms with Gasteiger partial charge in [-0.25, -0.2) is 4.79 Å². The maximum atomic E-state index is 12.8. The highest BCUT2D eigenvalue weighted by Crippen LogP contribution is 2.56. The van der Waals surface area contributed by atoms with Gasteiger partial charge in [-0.2, -0.15) is 0 Å². The number of Topliss-reactive ketones (excluding diaryl/α,β-unsaturated/α-hetero) is 1. The molecule has 2 amide bonds. The molecule has 0 N–H and O–H groups in total. The van der Waals surface area contributed by atoms with Crippen molar-refractivity contribution in [1.29, 1.82) is 0 Å². The van der Waals surface area contributed by atoms with Gasteiger partial charge >= 0.3 is 5.97 Å². The van der Waals surface area contributed by atoms with Gasteiger partial charge in [-0.3, -0.25) is 19.3 Å². The van der Waals surface area contributed by atoms with Gasteiger partial charge in [0.15, 0.2) is 12.4 Å². The molecule has 7 nitrogen and oxygen atoms in total. The van der Waals surface area contributed by atoms with E-state index in [4.69, 9.17) is 9.47 Å². The predicted octanol–water partition coefficient (Wildman–Crippen LogP) is 1.84. The molecule has 1 heterocycles. The van der Waals surface area contributed by atoms with Crippen molar-refractivity contribution in [2.75, 3.05) is 13.7 Å². The highest BCUT2D eigenvalue weighted by molar-refractivity contribution is 6.08. The summed E-state index contributed by atoms with van der Waals surface area (Å²) in [5, 5.41) is 0. The Morgan fingerprint density at radius 1 is 1.14 bits per heavy atom. The molecule has 5 atom stereocenters. The van der Waals surface area contributed by atoms with Crippen LogP contribution in [0.1, 0.15) is 36.5 Å². The molecule has 2 aliphatic carbocycles. The molecule has 2 bridgehead atoms. The second kappa shape index (κ2) is 7.04. The Hall–Kier alpha value is -2.70. The summed E-state index contributed by atoms with van der Waals surface area (Å²) in [6, 6.07) is 5.52. The van der Waals surface area contributed by atoms with Crippen LogP contribution < -0.4 is 4.74 Å². The average molecular weight is 385 g/mol. The summed E-state index contributed by atoms with van der Waals surface area (Å²) in [4.78, 5) is 51.3. The Bertz CT molecular complexity index is 821. The van der Waals surface area contributed by atoms with Crippen LogP contribution in [-0.2, 0) is 19.1 Å². The number of esters is 1. The monoisotopic (exact) mass is 385 g/mol. The molecule has 7 heteroatoms. The number of ether oxygens (including phenoxy) is 2. The molecular weight excluding hydrogens is 362 g/mol. The van der Waals surface area contributed by atoms with Gasteiger partial charge in [0.25, 0.3) is 0 Å². The number of nitrogens with zero attached hydrogens (tertiary/aromatic N) is 1. The van der Waals surface area contributed by atoms with Crippen molar-refractivity contribution in [1.82, 2.24) is 4.90 Å². The molecule has 3 fully saturated rings. The van der Waals surface area contributed by atoms with Gasteiger partial charge in [0, 0.05) is 5.56 Å². The van der Waals surface area contributed by atoms with Crippen molar-refractivity contribution in [3.8, 4) is 5.75 Å². The van der Waals surface area contributed by atoms with E-state index in [-0.39, 0.29) is 41.3 Å². The summed E-state index contributed by atoms with van der Waals surface area (Å²) in [5.41, 5.74) is 0.360. The van der Waals surface area contributed by atoms with E-state index in [9.17, 15) is 19.2 Å². The molecule has 148 valence electrons. The quantitative estimate of drug-likeness (QED) is 0.422. The minimum absolute atomic E-state index is 0.259. The largest absolute Gasteiger partial charge is 0.497 e. The van der Waals surface area contributed by atoms with Gasteiger partial charge in [0.05, 0.1) is 18.9 Å². The van der Waals surface area contributed by atoms with Gasteiger partial charge < -0.3 is 9.47 Å². The first-order chi connectivity index (χ1) is 13.4. The van der Waals surface area contributed by atoms with Crippen LogP contribution >= 0.6 is 0 Å². The molecular formula is C21H23NO6. The molecule has 1 aromatic carbocycles. The minimum atomic E-state index is -1.02. The fourth-order valence-electron chi connectivity index (χ4n) is 5.06. The molecule has 0 unspecified atom stereocenters. The number of hydrogen-bond donors (Lipinski definition) is 0. The lowest BCUT2D eigenvalue weighted by Gasteiger charge is -2.22. The summed E-state index contributed by atoms with van der Waals surface area (Å²) in [6.07, 6.45) is 2.90. The van der Waals surface area contributed by atoms with Crippen molar-refractivity contribution in [2.45, 2.75) is 32.2 Å². The zero-order valence-electron chi connectivity index (χ0n) is 15.9. The Morgan fingerprint density at radius 3 is 2.39 bits per heavy atom. The molecule has 1 aliphatic heterocycles. The zero-order valence-corrected chi connectivity index (χ0v) is 15.9. The smallest absolute Gasteiger partial charge is 0.329 e. The van der Waals surface area contributed by atoms with Crippen molar-refractivity contribution >= 4 is 23.6 Å². The maximum Gasteiger partial charge on any atom is 0.329 e. The Kier molecular flexibility index (Phi) is 4.69. The van der Waals surface area contributed by atoms with Gasteiger partial charge in [0.2, 0.25) is 11.8 Å². The van der Waals surface area contributed by atoms with E-state index >= 15 is 0 Å². The van der Waals surface area contributed by atoms with Crippen LogP contribution in [0.3, 0.4) is 0 Å². The minimum Gasteiger partial charge on any atom is -0.497 e. The van der Waals surface area contributed by atoms with Crippen molar-refractivity contribution in [3.63, 3.8) is 0 Å². The van der Waals surface area contributed by atoms with Gasteiger partial charge in [0.1, 0.15) is 11.8 Å². The first-order valence-electron chi connectivity index (χ1n) is 9.63. The summed E-state index contributed by atoms with van der Waals surface area (Å²) in [5.74, 6) is -1.15. The number of methoxy groups -OCH3 is 1. The van der Waals surface area contributed by atoms with E-state index in [1.54, 1.807) is 24.3 Å². The SMILES string of the molecule is COc1cccc(C(=O)COC(=O)[C@@H](C)N2C(=O)[C@H]3[C@H]4CC[C@@H](C4)[C@@H]3C2=O)c1. The standard InChI is InChI=1S/C21H23NO6/c1-11(21(26)28-10-16(23)12-4-3-5-15(9-12)27-2)22-19(24)17-13-6-7-14(8-13)18(17)20(22)25/h3-5,9,11,13-14,17-18H,6-8,10H2,1-2H3/t11-,13+,14+,17+,18+/m1/s1. The molecule has 0 spiro atoms.